The Morgan fingerprint density at radius 1 is 0.880 bits per heavy atom. The molecule has 146 valence electrons. The molecule has 0 spiro atoms. The van der Waals surface area contributed by atoms with Crippen LogP contribution in [0, 0.1) is 0 Å². The van der Waals surface area contributed by atoms with Crippen molar-refractivity contribution in [2.75, 3.05) is 6.54 Å². The Hall–Kier alpha value is -1.79. The molecule has 0 unspecified atom stereocenters. The summed E-state index contributed by atoms with van der Waals surface area (Å²) in [6, 6.07) is 0. The molecular weight excluding hydrogens is 322 g/mol. The first kappa shape index (κ1) is 23.2. The van der Waals surface area contributed by atoms with E-state index in [2.05, 4.69) is 22.5 Å². The van der Waals surface area contributed by atoms with Crippen LogP contribution in [0.25, 0.3) is 0 Å². The van der Waals surface area contributed by atoms with Crippen molar-refractivity contribution >= 4 is 18.1 Å². The highest BCUT2D eigenvalue weighted by atomic mass is 16.6. The van der Waals surface area contributed by atoms with Gasteiger partial charge in [0, 0.05) is 6.54 Å². The van der Waals surface area contributed by atoms with E-state index in [-0.39, 0.29) is 5.96 Å². The van der Waals surface area contributed by atoms with E-state index < -0.39 is 23.4 Å². The van der Waals surface area contributed by atoms with Gasteiger partial charge in [0.25, 0.3) is 0 Å². The number of alkyl carbamates (subject to hydrolysis) is 1. The van der Waals surface area contributed by atoms with E-state index >= 15 is 0 Å². The van der Waals surface area contributed by atoms with Crippen molar-refractivity contribution < 1.29 is 19.1 Å². The maximum atomic E-state index is 11.9. The Morgan fingerprint density at radius 3 is 1.96 bits per heavy atom. The number of nitrogens with one attached hydrogen (secondary N) is 2. The van der Waals surface area contributed by atoms with E-state index in [4.69, 9.17) is 9.47 Å². The summed E-state index contributed by atoms with van der Waals surface area (Å²) in [5.41, 5.74) is -1.29. The zero-order valence-corrected chi connectivity index (χ0v) is 16.8. The minimum absolute atomic E-state index is 0.0407. The third-order valence-corrected chi connectivity index (χ3v) is 2.79. The summed E-state index contributed by atoms with van der Waals surface area (Å²) < 4.78 is 10.3. The molecule has 0 aliphatic rings. The van der Waals surface area contributed by atoms with Gasteiger partial charge in [0.15, 0.2) is 0 Å². The zero-order valence-electron chi connectivity index (χ0n) is 16.8. The van der Waals surface area contributed by atoms with Gasteiger partial charge >= 0.3 is 12.2 Å². The van der Waals surface area contributed by atoms with Gasteiger partial charge in [-0.1, -0.05) is 32.6 Å². The number of amides is 2. The van der Waals surface area contributed by atoms with E-state index in [9.17, 15) is 9.59 Å². The van der Waals surface area contributed by atoms with Crippen molar-refractivity contribution in [1.82, 2.24) is 10.6 Å². The molecule has 0 aromatic rings. The summed E-state index contributed by atoms with van der Waals surface area (Å²) in [4.78, 5) is 27.6. The molecule has 0 rings (SSSR count). The maximum absolute atomic E-state index is 11.9. The number of unbranched alkanes of at least 4 members (excludes halogenated alkanes) is 4. The Labute approximate surface area is 151 Å². The fraction of sp³-hybridized carbons (Fsp3) is 0.833. The number of aliphatic imine (C=N–C) groups is 1. The standard InChI is InChI=1S/C18H35N3O4/c1-8-9-10-11-12-13-19-14(20-15(22)24-17(2,3)4)21-16(23)25-18(5,6)7/h8-13H2,1-7H3,(H2,19,20,21,22,23). The molecule has 0 aromatic heterocycles. The fourth-order valence-corrected chi connectivity index (χ4v) is 1.82. The topological polar surface area (TPSA) is 89.0 Å². The number of hydrogen-bond donors (Lipinski definition) is 2. The predicted octanol–water partition coefficient (Wildman–Crippen LogP) is 4.36. The van der Waals surface area contributed by atoms with Gasteiger partial charge in [-0.3, -0.25) is 5.32 Å². The van der Waals surface area contributed by atoms with Crippen LogP contribution in [0.5, 0.6) is 0 Å². The van der Waals surface area contributed by atoms with Crippen LogP contribution < -0.4 is 10.6 Å². The molecule has 25 heavy (non-hydrogen) atoms. The minimum atomic E-state index is -0.767. The van der Waals surface area contributed by atoms with Crippen LogP contribution in [0.1, 0.15) is 80.6 Å². The normalized spacial score (nSPS) is 12.5. The highest BCUT2D eigenvalue weighted by Crippen LogP contribution is 2.09. The van der Waals surface area contributed by atoms with Crippen molar-refractivity contribution in [3.8, 4) is 0 Å². The molecule has 7 heteroatoms. The second kappa shape index (κ2) is 10.9. The number of nitrogens with zero attached hydrogens (tertiary/aromatic N) is 1. The van der Waals surface area contributed by atoms with E-state index in [0.717, 1.165) is 19.3 Å². The Kier molecular flexibility index (Phi) is 10.2. The summed E-state index contributed by atoms with van der Waals surface area (Å²) in [6.07, 6.45) is 4.10. The number of hydrogen-bond acceptors (Lipinski definition) is 4. The lowest BCUT2D eigenvalue weighted by molar-refractivity contribution is 0.0560. The lowest BCUT2D eigenvalue weighted by atomic mass is 10.1. The Balaban J connectivity index is 4.70. The van der Waals surface area contributed by atoms with Gasteiger partial charge in [0.05, 0.1) is 0 Å². The van der Waals surface area contributed by atoms with Crippen LogP contribution in [0.15, 0.2) is 4.99 Å². The number of rotatable bonds is 6. The summed E-state index contributed by atoms with van der Waals surface area (Å²) in [7, 11) is 0. The van der Waals surface area contributed by atoms with Gasteiger partial charge in [0.2, 0.25) is 5.96 Å². The van der Waals surface area contributed by atoms with Crippen molar-refractivity contribution in [1.29, 1.82) is 0 Å². The summed E-state index contributed by atoms with van der Waals surface area (Å²) in [5, 5.41) is 5.44. The number of guanidine groups is 1. The molecule has 0 fully saturated rings. The Morgan fingerprint density at radius 2 is 1.44 bits per heavy atom. The van der Waals surface area contributed by atoms with Gasteiger partial charge < -0.3 is 14.8 Å². The average molecular weight is 357 g/mol. The molecule has 0 saturated carbocycles. The minimum Gasteiger partial charge on any atom is -0.444 e. The molecule has 0 radical (unpaired) electrons. The first-order valence-electron chi connectivity index (χ1n) is 8.98. The molecule has 7 nitrogen and oxygen atoms in total. The van der Waals surface area contributed by atoms with Crippen LogP contribution in [0.2, 0.25) is 0 Å². The first-order chi connectivity index (χ1) is 11.4. The molecule has 0 aromatic carbocycles. The van der Waals surface area contributed by atoms with Crippen LogP contribution in [0.4, 0.5) is 9.59 Å². The summed E-state index contributed by atoms with van der Waals surface area (Å²) in [5.74, 6) is 0.0407. The zero-order chi connectivity index (χ0) is 19.5. The Bertz CT molecular complexity index is 448. The highest BCUT2D eigenvalue weighted by molar-refractivity contribution is 5.98. The van der Waals surface area contributed by atoms with Crippen LogP contribution >= 0.6 is 0 Å². The largest absolute Gasteiger partial charge is 0.444 e. The highest BCUT2D eigenvalue weighted by Gasteiger charge is 2.20. The predicted molar refractivity (Wildman–Crippen MR) is 99.8 cm³/mol. The smallest absolute Gasteiger partial charge is 0.437 e. The van der Waals surface area contributed by atoms with Crippen LogP contribution in [-0.4, -0.2) is 35.9 Å². The molecule has 2 N–H and O–H groups in total. The molecule has 0 heterocycles. The monoisotopic (exact) mass is 357 g/mol. The molecule has 2 amide bonds. The fourth-order valence-electron chi connectivity index (χ4n) is 1.82. The third-order valence-electron chi connectivity index (χ3n) is 2.79. The average Bonchev–Trinajstić information content (AvgIpc) is 2.37. The number of carbonyl (C=O) groups is 2. The first-order valence-corrected chi connectivity index (χ1v) is 8.98. The van der Waals surface area contributed by atoms with Crippen molar-refractivity contribution in [3.05, 3.63) is 0 Å². The lowest BCUT2D eigenvalue weighted by Crippen LogP contribution is -2.44. The van der Waals surface area contributed by atoms with Crippen molar-refractivity contribution in [2.24, 2.45) is 4.99 Å². The number of ether oxygens (including phenoxy) is 2. The number of carbonyl (C=O) groups excluding carboxylic acids is 2. The summed E-state index contributed by atoms with van der Waals surface area (Å²) >= 11 is 0. The van der Waals surface area contributed by atoms with Gasteiger partial charge in [-0.05, 0) is 48.0 Å². The van der Waals surface area contributed by atoms with Gasteiger partial charge in [0.1, 0.15) is 11.2 Å². The summed E-state index contributed by atoms with van der Waals surface area (Å²) in [6.45, 7) is 13.3. The van der Waals surface area contributed by atoms with Gasteiger partial charge in [-0.15, -0.1) is 4.99 Å². The second-order valence-electron chi connectivity index (χ2n) is 7.91. The molecule has 0 saturated heterocycles. The van der Waals surface area contributed by atoms with Gasteiger partial charge in [-0.2, -0.15) is 0 Å². The third kappa shape index (κ3) is 15.5. The van der Waals surface area contributed by atoms with E-state index in [1.165, 1.54) is 12.8 Å². The quantitative estimate of drug-likeness (QED) is 0.419. The molecule has 0 aliphatic carbocycles. The molecule has 0 bridgehead atoms. The molecular formula is C18H35N3O4. The second-order valence-corrected chi connectivity index (χ2v) is 7.91. The van der Waals surface area contributed by atoms with Gasteiger partial charge in [-0.25, -0.2) is 9.59 Å². The molecule has 0 aliphatic heterocycles. The molecule has 0 atom stereocenters. The lowest BCUT2D eigenvalue weighted by Gasteiger charge is -2.21. The van der Waals surface area contributed by atoms with E-state index in [1.807, 2.05) is 0 Å². The van der Waals surface area contributed by atoms with E-state index in [1.54, 1.807) is 41.5 Å². The SMILES string of the molecule is CCCCCCCN/C(=N/C(=O)OC(C)(C)C)NC(=O)OC(C)(C)C. The van der Waals surface area contributed by atoms with Crippen molar-refractivity contribution in [2.45, 2.75) is 91.8 Å². The maximum Gasteiger partial charge on any atom is 0.437 e. The van der Waals surface area contributed by atoms with Crippen LogP contribution in [0.3, 0.4) is 0 Å². The van der Waals surface area contributed by atoms with E-state index in [0.29, 0.717) is 6.54 Å². The van der Waals surface area contributed by atoms with Crippen molar-refractivity contribution in [3.63, 3.8) is 0 Å². The van der Waals surface area contributed by atoms with Crippen LogP contribution in [-0.2, 0) is 9.47 Å².